The molecule has 0 aromatic carbocycles. The largest absolute Gasteiger partial charge is 0.379 e. The summed E-state index contributed by atoms with van der Waals surface area (Å²) in [5.41, 5.74) is 5.61. The van der Waals surface area contributed by atoms with Crippen molar-refractivity contribution in [3.8, 4) is 0 Å². The van der Waals surface area contributed by atoms with Crippen molar-refractivity contribution in [3.05, 3.63) is 0 Å². The van der Waals surface area contributed by atoms with Crippen LogP contribution in [0.3, 0.4) is 0 Å². The van der Waals surface area contributed by atoms with Gasteiger partial charge in [0.15, 0.2) is 0 Å². The molecule has 2 atom stereocenters. The Bertz CT molecular complexity index is 227. The number of rotatable bonds is 15. The van der Waals surface area contributed by atoms with E-state index in [-0.39, 0.29) is 6.04 Å². The molecule has 2 N–H and O–H groups in total. The van der Waals surface area contributed by atoms with Crippen molar-refractivity contribution in [1.29, 1.82) is 0 Å². The average molecular weight is 309 g/mol. The number of nitrogens with two attached hydrogens (primary N) is 1. The van der Waals surface area contributed by atoms with Gasteiger partial charge in [0.1, 0.15) is 0 Å². The van der Waals surface area contributed by atoms with Crippen molar-refractivity contribution in [2.45, 2.75) is 39.2 Å². The van der Waals surface area contributed by atoms with Crippen molar-refractivity contribution in [2.24, 2.45) is 5.73 Å². The van der Waals surface area contributed by atoms with Gasteiger partial charge in [0.2, 0.25) is 0 Å². The molecule has 122 valence electrons. The molecule has 0 aliphatic carbocycles. The minimum atomic E-state index is -0.820. The maximum absolute atomic E-state index is 11.5. The summed E-state index contributed by atoms with van der Waals surface area (Å²) in [6.07, 6.45) is 3.05. The Balaban J connectivity index is 3.11. The Morgan fingerprint density at radius 2 is 1.50 bits per heavy atom. The Hall–Kier alpha value is -0.0100. The third-order valence-corrected chi connectivity index (χ3v) is 3.96. The first-order valence-corrected chi connectivity index (χ1v) is 8.99. The molecule has 0 aliphatic heterocycles. The highest BCUT2D eigenvalue weighted by Crippen LogP contribution is 1.92. The minimum Gasteiger partial charge on any atom is -0.379 e. The van der Waals surface area contributed by atoms with E-state index in [0.717, 1.165) is 25.9 Å². The number of hydrogen-bond donors (Lipinski definition) is 1. The molecule has 5 nitrogen and oxygen atoms in total. The van der Waals surface area contributed by atoms with E-state index in [1.54, 1.807) is 0 Å². The number of hydrogen-bond acceptors (Lipinski definition) is 5. The van der Waals surface area contributed by atoms with Gasteiger partial charge in [-0.3, -0.25) is 4.21 Å². The van der Waals surface area contributed by atoms with E-state index in [9.17, 15) is 4.21 Å². The van der Waals surface area contributed by atoms with Crippen LogP contribution in [0.15, 0.2) is 0 Å². The Morgan fingerprint density at radius 3 is 2.05 bits per heavy atom. The smallest absolute Gasteiger partial charge is 0.0701 e. The molecule has 0 aromatic heterocycles. The monoisotopic (exact) mass is 309 g/mol. The van der Waals surface area contributed by atoms with E-state index >= 15 is 0 Å². The summed E-state index contributed by atoms with van der Waals surface area (Å²) in [6.45, 7) is 7.74. The second-order valence-electron chi connectivity index (χ2n) is 4.80. The van der Waals surface area contributed by atoms with Crippen molar-refractivity contribution >= 4 is 10.8 Å². The van der Waals surface area contributed by atoms with E-state index < -0.39 is 10.8 Å². The highest BCUT2D eigenvalue weighted by molar-refractivity contribution is 7.84. The van der Waals surface area contributed by atoms with E-state index in [2.05, 4.69) is 6.92 Å². The maximum Gasteiger partial charge on any atom is 0.0701 e. The van der Waals surface area contributed by atoms with Crippen LogP contribution in [0.2, 0.25) is 0 Å². The van der Waals surface area contributed by atoms with Crippen LogP contribution in [0, 0.1) is 0 Å². The molecule has 2 unspecified atom stereocenters. The van der Waals surface area contributed by atoms with Gasteiger partial charge in [-0.1, -0.05) is 13.3 Å². The molecular weight excluding hydrogens is 278 g/mol. The van der Waals surface area contributed by atoms with Gasteiger partial charge in [-0.15, -0.1) is 0 Å². The lowest BCUT2D eigenvalue weighted by Gasteiger charge is -2.07. The van der Waals surface area contributed by atoms with Gasteiger partial charge in [-0.05, 0) is 19.8 Å². The fourth-order valence-electron chi connectivity index (χ4n) is 1.36. The molecule has 0 fully saturated rings. The fourth-order valence-corrected chi connectivity index (χ4v) is 2.50. The normalized spacial score (nSPS) is 14.3. The molecule has 0 saturated carbocycles. The minimum absolute atomic E-state index is 0.118. The molecular formula is C14H31NO4S. The zero-order chi connectivity index (χ0) is 15.1. The van der Waals surface area contributed by atoms with Gasteiger partial charge in [0.25, 0.3) is 0 Å². The van der Waals surface area contributed by atoms with Crippen LogP contribution in [0.5, 0.6) is 0 Å². The summed E-state index contributed by atoms with van der Waals surface area (Å²) < 4.78 is 27.6. The summed E-state index contributed by atoms with van der Waals surface area (Å²) in [5.74, 6) is 1.24. The molecule has 0 aromatic rings. The molecule has 0 bridgehead atoms. The molecule has 0 amide bonds. The van der Waals surface area contributed by atoms with Gasteiger partial charge in [0.05, 0.1) is 33.0 Å². The Kier molecular flexibility index (Phi) is 15.4. The quantitative estimate of drug-likeness (QED) is 0.462. The first-order chi connectivity index (χ1) is 9.66. The standard InChI is InChI=1S/C14H31NO4S/c1-3-4-6-17-7-8-18-9-10-19-11-13-20(16)12-5-14(2)15/h14H,3-13,15H2,1-2H3. The van der Waals surface area contributed by atoms with Crippen LogP contribution >= 0.6 is 0 Å². The van der Waals surface area contributed by atoms with E-state index in [1.807, 2.05) is 6.92 Å². The third kappa shape index (κ3) is 16.0. The predicted molar refractivity (Wildman–Crippen MR) is 83.5 cm³/mol. The Morgan fingerprint density at radius 1 is 0.950 bits per heavy atom. The summed E-state index contributed by atoms with van der Waals surface area (Å²) in [5, 5.41) is 0. The highest BCUT2D eigenvalue weighted by atomic mass is 32.2. The summed E-state index contributed by atoms with van der Waals surface area (Å²) in [6, 6.07) is 0.118. The van der Waals surface area contributed by atoms with Crippen LogP contribution < -0.4 is 5.73 Å². The van der Waals surface area contributed by atoms with Crippen molar-refractivity contribution in [1.82, 2.24) is 0 Å². The lowest BCUT2D eigenvalue weighted by molar-refractivity contribution is 0.0168. The molecule has 0 saturated heterocycles. The molecule has 6 heteroatoms. The van der Waals surface area contributed by atoms with Crippen LogP contribution in [0.1, 0.15) is 33.1 Å². The third-order valence-electron chi connectivity index (χ3n) is 2.64. The van der Waals surface area contributed by atoms with Gasteiger partial charge >= 0.3 is 0 Å². The first-order valence-electron chi connectivity index (χ1n) is 7.50. The van der Waals surface area contributed by atoms with Crippen molar-refractivity contribution in [2.75, 3.05) is 51.1 Å². The second-order valence-corrected chi connectivity index (χ2v) is 6.50. The SMILES string of the molecule is CCCCOCCOCCOCCS(=O)CCC(C)N. The lowest BCUT2D eigenvalue weighted by Crippen LogP contribution is -2.20. The number of unbranched alkanes of at least 4 members (excludes halogenated alkanes) is 1. The fraction of sp³-hybridized carbons (Fsp3) is 1.00. The molecule has 0 radical (unpaired) electrons. The topological polar surface area (TPSA) is 70.8 Å². The zero-order valence-corrected chi connectivity index (χ0v) is 13.8. The predicted octanol–water partition coefficient (Wildman–Crippen LogP) is 1.32. The second kappa shape index (κ2) is 15.4. The summed E-state index contributed by atoms with van der Waals surface area (Å²) in [7, 11) is -0.820. The zero-order valence-electron chi connectivity index (χ0n) is 13.0. The summed E-state index contributed by atoms with van der Waals surface area (Å²) >= 11 is 0. The van der Waals surface area contributed by atoms with Gasteiger partial charge in [0, 0.05) is 35.0 Å². The van der Waals surface area contributed by atoms with Crippen molar-refractivity contribution in [3.63, 3.8) is 0 Å². The molecule has 0 spiro atoms. The van der Waals surface area contributed by atoms with Crippen LogP contribution in [0.4, 0.5) is 0 Å². The van der Waals surface area contributed by atoms with Gasteiger partial charge in [-0.2, -0.15) is 0 Å². The van der Waals surface area contributed by atoms with Crippen LogP contribution in [0.25, 0.3) is 0 Å². The molecule has 0 aliphatic rings. The van der Waals surface area contributed by atoms with Crippen molar-refractivity contribution < 1.29 is 18.4 Å². The van der Waals surface area contributed by atoms with E-state index in [0.29, 0.717) is 44.5 Å². The van der Waals surface area contributed by atoms with Crippen LogP contribution in [-0.4, -0.2) is 61.4 Å². The average Bonchev–Trinajstić information content (AvgIpc) is 2.42. The van der Waals surface area contributed by atoms with Gasteiger partial charge < -0.3 is 19.9 Å². The number of ether oxygens (including phenoxy) is 3. The van der Waals surface area contributed by atoms with E-state index in [4.69, 9.17) is 19.9 Å². The molecule has 20 heavy (non-hydrogen) atoms. The highest BCUT2D eigenvalue weighted by Gasteiger charge is 2.02. The Labute approximate surface area is 126 Å². The van der Waals surface area contributed by atoms with Crippen LogP contribution in [-0.2, 0) is 25.0 Å². The van der Waals surface area contributed by atoms with E-state index in [1.165, 1.54) is 0 Å². The maximum atomic E-state index is 11.5. The molecule has 0 rings (SSSR count). The first kappa shape index (κ1) is 20.0. The lowest BCUT2D eigenvalue weighted by atomic mass is 10.3. The summed E-state index contributed by atoms with van der Waals surface area (Å²) in [4.78, 5) is 0. The van der Waals surface area contributed by atoms with Gasteiger partial charge in [-0.25, -0.2) is 0 Å². The molecule has 0 heterocycles.